The van der Waals surface area contributed by atoms with Crippen molar-refractivity contribution in [3.05, 3.63) is 107 Å². The number of unbranched alkanes of at least 4 members (excludes halogenated alkanes) is 3. The third kappa shape index (κ3) is 7.67. The Balaban J connectivity index is 0.834. The summed E-state index contributed by atoms with van der Waals surface area (Å²) in [7, 11) is 0. The topological polar surface area (TPSA) is 144 Å². The second-order valence-corrected chi connectivity index (χ2v) is 16.1. The van der Waals surface area contributed by atoms with E-state index >= 15 is 0 Å². The number of amides is 4. The maximum Gasteiger partial charge on any atom is 0.263 e. The van der Waals surface area contributed by atoms with Gasteiger partial charge in [0.15, 0.2) is 0 Å². The maximum absolute atomic E-state index is 14.6. The molecule has 0 radical (unpaired) electrons. The number of benzene rings is 3. The van der Waals surface area contributed by atoms with Crippen LogP contribution in [0.4, 0.5) is 15.8 Å². The van der Waals surface area contributed by atoms with Crippen molar-refractivity contribution >= 4 is 46.8 Å². The van der Waals surface area contributed by atoms with Gasteiger partial charge in [0.25, 0.3) is 11.8 Å². The lowest BCUT2D eigenvalue weighted by atomic mass is 9.82. The van der Waals surface area contributed by atoms with Crippen molar-refractivity contribution in [2.75, 3.05) is 36.1 Å². The normalized spacial score (nSPS) is 21.7. The fourth-order valence-electron chi connectivity index (χ4n) is 8.68. The molecule has 4 aromatic rings. The molecule has 1 unspecified atom stereocenters. The second-order valence-electron chi connectivity index (χ2n) is 15.0. The minimum absolute atomic E-state index is 0.0249. The zero-order chi connectivity index (χ0) is 38.8. The van der Waals surface area contributed by atoms with Crippen LogP contribution in [0.25, 0.3) is 11.1 Å². The highest BCUT2D eigenvalue weighted by Crippen LogP contribution is 2.48. The van der Waals surface area contributed by atoms with Gasteiger partial charge in [0.2, 0.25) is 11.8 Å². The fraction of sp³-hybridized carbons (Fsp3) is 0.372. The molecule has 56 heavy (non-hydrogen) atoms. The zero-order valence-electron chi connectivity index (χ0n) is 31.0. The van der Waals surface area contributed by atoms with Crippen LogP contribution >= 0.6 is 11.8 Å². The Labute approximate surface area is 329 Å². The molecule has 4 N–H and O–H groups in total. The van der Waals surface area contributed by atoms with Crippen molar-refractivity contribution in [2.24, 2.45) is 5.92 Å². The van der Waals surface area contributed by atoms with E-state index in [9.17, 15) is 28.7 Å². The first kappa shape index (κ1) is 37.8. The van der Waals surface area contributed by atoms with Crippen LogP contribution in [0.1, 0.15) is 82.8 Å². The first-order valence-corrected chi connectivity index (χ1v) is 20.4. The SMILES string of the molecule is O=C1CCC(N2C(=O)c3cc(F)cc(SCCCCCCNc4cccc(-c5ccc6c(c5)[C@H]5[C@H](CCN5Cc5ccncc5)[C@@H](CO)N6)c4)c3C2=O)C(=O)N1. The molecule has 5 heterocycles. The van der Waals surface area contributed by atoms with E-state index < -0.39 is 35.5 Å². The number of aliphatic hydroxyl groups is 1. The summed E-state index contributed by atoms with van der Waals surface area (Å²) in [4.78, 5) is 58.5. The number of piperidine rings is 1. The van der Waals surface area contributed by atoms with E-state index in [0.717, 1.165) is 85.2 Å². The van der Waals surface area contributed by atoms with Crippen LogP contribution in [-0.4, -0.2) is 81.1 Å². The van der Waals surface area contributed by atoms with E-state index in [4.69, 9.17) is 0 Å². The Morgan fingerprint density at radius 1 is 0.911 bits per heavy atom. The lowest BCUT2D eigenvalue weighted by molar-refractivity contribution is -0.136. The predicted octanol–water partition coefficient (Wildman–Crippen LogP) is 6.40. The molecule has 290 valence electrons. The maximum atomic E-state index is 14.6. The Hall–Kier alpha value is -5.11. The first-order valence-electron chi connectivity index (χ1n) is 19.5. The Kier molecular flexibility index (Phi) is 11.2. The van der Waals surface area contributed by atoms with Crippen molar-refractivity contribution < 1.29 is 28.7 Å². The average molecular weight is 777 g/mol. The van der Waals surface area contributed by atoms with Crippen LogP contribution in [0.3, 0.4) is 0 Å². The second kappa shape index (κ2) is 16.5. The van der Waals surface area contributed by atoms with Crippen molar-refractivity contribution in [3.63, 3.8) is 0 Å². The number of fused-ring (bicyclic) bond motifs is 4. The molecule has 2 saturated heterocycles. The number of hydrogen-bond acceptors (Lipinski definition) is 10. The lowest BCUT2D eigenvalue weighted by Gasteiger charge is -2.39. The molecule has 4 amide bonds. The summed E-state index contributed by atoms with van der Waals surface area (Å²) in [6.45, 7) is 2.73. The molecule has 8 rings (SSSR count). The van der Waals surface area contributed by atoms with E-state index in [1.54, 1.807) is 0 Å². The minimum atomic E-state index is -1.09. The number of aromatic nitrogens is 1. The summed E-state index contributed by atoms with van der Waals surface area (Å²) in [5.41, 5.74) is 7.03. The van der Waals surface area contributed by atoms with E-state index in [2.05, 4.69) is 80.4 Å². The van der Waals surface area contributed by atoms with E-state index in [-0.39, 0.29) is 42.7 Å². The summed E-state index contributed by atoms with van der Waals surface area (Å²) < 4.78 is 14.6. The van der Waals surface area contributed by atoms with Gasteiger partial charge in [0.05, 0.1) is 23.8 Å². The van der Waals surface area contributed by atoms with Crippen molar-refractivity contribution in [3.8, 4) is 11.1 Å². The number of thioether (sulfide) groups is 1. The summed E-state index contributed by atoms with van der Waals surface area (Å²) in [6.07, 6.45) is 8.53. The molecule has 0 spiro atoms. The molecule has 13 heteroatoms. The molecule has 0 saturated carbocycles. The molecular formula is C43H45FN6O5S. The third-order valence-electron chi connectivity index (χ3n) is 11.4. The van der Waals surface area contributed by atoms with Gasteiger partial charge in [-0.3, -0.25) is 39.3 Å². The number of hydrogen-bond donors (Lipinski definition) is 4. The van der Waals surface area contributed by atoms with Crippen molar-refractivity contribution in [1.29, 1.82) is 0 Å². The van der Waals surface area contributed by atoms with Crippen molar-refractivity contribution in [1.82, 2.24) is 20.1 Å². The number of pyridine rings is 1. The highest BCUT2D eigenvalue weighted by atomic mass is 32.2. The number of imide groups is 2. The number of anilines is 2. The molecule has 4 atom stereocenters. The molecule has 3 aromatic carbocycles. The molecule has 0 aliphatic carbocycles. The number of carbonyl (C=O) groups is 4. The number of aliphatic hydroxyl groups excluding tert-OH is 1. The van der Waals surface area contributed by atoms with E-state index in [0.29, 0.717) is 16.6 Å². The van der Waals surface area contributed by atoms with Gasteiger partial charge in [-0.05, 0) is 109 Å². The van der Waals surface area contributed by atoms with Gasteiger partial charge in [-0.25, -0.2) is 4.39 Å². The van der Waals surface area contributed by atoms with Gasteiger partial charge < -0.3 is 15.7 Å². The van der Waals surface area contributed by atoms with Gasteiger partial charge in [-0.15, -0.1) is 11.8 Å². The Bertz CT molecular complexity index is 2150. The molecule has 4 aliphatic rings. The van der Waals surface area contributed by atoms with E-state index in [1.807, 2.05) is 12.4 Å². The lowest BCUT2D eigenvalue weighted by Crippen LogP contribution is -2.54. The molecule has 0 bridgehead atoms. The van der Waals surface area contributed by atoms with Gasteiger partial charge in [0.1, 0.15) is 11.9 Å². The number of halogens is 1. The number of likely N-dealkylation sites (tertiary alicyclic amines) is 1. The van der Waals surface area contributed by atoms with Gasteiger partial charge in [-0.1, -0.05) is 31.0 Å². The number of carbonyl (C=O) groups excluding carboxylic acids is 4. The molecule has 4 aliphatic heterocycles. The highest BCUT2D eigenvalue weighted by molar-refractivity contribution is 7.99. The van der Waals surface area contributed by atoms with Gasteiger partial charge in [0, 0.05) is 60.1 Å². The van der Waals surface area contributed by atoms with Gasteiger partial charge >= 0.3 is 0 Å². The van der Waals surface area contributed by atoms with Crippen molar-refractivity contribution in [2.45, 2.75) is 74.5 Å². The van der Waals surface area contributed by atoms with Crippen LogP contribution in [0.15, 0.2) is 84.0 Å². The predicted molar refractivity (Wildman–Crippen MR) is 213 cm³/mol. The van der Waals surface area contributed by atoms with Gasteiger partial charge in [-0.2, -0.15) is 0 Å². The van der Waals surface area contributed by atoms with Crippen LogP contribution in [0.5, 0.6) is 0 Å². The van der Waals surface area contributed by atoms with E-state index in [1.165, 1.54) is 29.0 Å². The largest absolute Gasteiger partial charge is 0.394 e. The summed E-state index contributed by atoms with van der Waals surface area (Å²) in [5, 5.41) is 19.6. The standard InChI is InChI=1S/C43H45FN6O5S/c44-29-22-33-39(43(55)50(42(33)54)36-10-11-38(52)48-41(36)53)37(23-29)56-19-4-2-1-3-15-46-30-7-5-6-27(20-30)28-8-9-34-32(21-28)40-31(35(25-51)47-34)14-18-49(40)24-26-12-16-45-17-13-26/h5-9,12-13,16-17,20-23,31,35-36,40,46-47,51H,1-4,10-11,14-15,18-19,24-25H2,(H,48,52,53)/t31-,35-,36?,40-/m1/s1. The molecule has 2 fully saturated rings. The van der Waals surface area contributed by atoms with Crippen LogP contribution in [0, 0.1) is 11.7 Å². The van der Waals surface area contributed by atoms with Crippen LogP contribution < -0.4 is 16.0 Å². The minimum Gasteiger partial charge on any atom is -0.394 e. The zero-order valence-corrected chi connectivity index (χ0v) is 31.8. The quantitative estimate of drug-likeness (QED) is 0.0645. The molecular weight excluding hydrogens is 732 g/mol. The Morgan fingerprint density at radius 3 is 2.55 bits per heavy atom. The Morgan fingerprint density at radius 2 is 1.73 bits per heavy atom. The fourth-order valence-corrected chi connectivity index (χ4v) is 9.79. The number of nitrogens with one attached hydrogen (secondary N) is 3. The summed E-state index contributed by atoms with van der Waals surface area (Å²) >= 11 is 1.34. The van der Waals surface area contributed by atoms with Crippen LogP contribution in [0.2, 0.25) is 0 Å². The average Bonchev–Trinajstić information content (AvgIpc) is 3.73. The number of nitrogens with zero attached hydrogens (tertiary/aromatic N) is 3. The first-order chi connectivity index (χ1) is 27.3. The smallest absolute Gasteiger partial charge is 0.263 e. The highest BCUT2D eigenvalue weighted by Gasteiger charge is 2.46. The summed E-state index contributed by atoms with van der Waals surface area (Å²) in [6, 6.07) is 20.7. The van der Waals surface area contributed by atoms with Crippen LogP contribution in [-0.2, 0) is 16.1 Å². The number of rotatable bonds is 14. The third-order valence-corrected chi connectivity index (χ3v) is 12.6. The summed E-state index contributed by atoms with van der Waals surface area (Å²) in [5.74, 6) is -2.11. The molecule has 1 aromatic heterocycles. The monoisotopic (exact) mass is 776 g/mol. The molecule has 11 nitrogen and oxygen atoms in total.